The highest BCUT2D eigenvalue weighted by atomic mass is 35.5. The summed E-state index contributed by atoms with van der Waals surface area (Å²) in [4.78, 5) is 14.8. The minimum absolute atomic E-state index is 0.0299. The third-order valence-corrected chi connectivity index (χ3v) is 4.18. The first kappa shape index (κ1) is 14.7. The molecule has 0 fully saturated rings. The van der Waals surface area contributed by atoms with Gasteiger partial charge in [0.15, 0.2) is 0 Å². The van der Waals surface area contributed by atoms with Gasteiger partial charge in [-0.05, 0) is 23.5 Å². The van der Waals surface area contributed by atoms with E-state index in [9.17, 15) is 10.1 Å². The van der Waals surface area contributed by atoms with Gasteiger partial charge in [-0.3, -0.25) is 10.1 Å². The van der Waals surface area contributed by atoms with Gasteiger partial charge in [-0.15, -0.1) is 11.6 Å². The maximum Gasteiger partial charge on any atom is 0.295 e. The number of nitrogens with zero attached hydrogens (tertiary/aromatic N) is 2. The Morgan fingerprint density at radius 3 is 2.65 bits per heavy atom. The van der Waals surface area contributed by atoms with Crippen molar-refractivity contribution in [1.29, 1.82) is 0 Å². The van der Waals surface area contributed by atoms with Crippen molar-refractivity contribution in [1.82, 2.24) is 4.98 Å². The van der Waals surface area contributed by atoms with Crippen LogP contribution in [0.5, 0.6) is 0 Å². The first-order valence-corrected chi connectivity index (χ1v) is 6.89. The van der Waals surface area contributed by atoms with Crippen LogP contribution in [0.1, 0.15) is 26.3 Å². The predicted octanol–water partition coefficient (Wildman–Crippen LogP) is 4.34. The van der Waals surface area contributed by atoms with Gasteiger partial charge in [0.2, 0.25) is 0 Å². The lowest BCUT2D eigenvalue weighted by Crippen LogP contribution is -2.23. The minimum atomic E-state index is -0.402. The fraction of sp³-hybridized carbons (Fsp3) is 0.400. The molecule has 0 aliphatic rings. The summed E-state index contributed by atoms with van der Waals surface area (Å²) < 4.78 is 0. The van der Waals surface area contributed by atoms with E-state index < -0.39 is 4.92 Å². The quantitative estimate of drug-likeness (QED) is 0.480. The fourth-order valence-electron chi connectivity index (χ4n) is 2.04. The van der Waals surface area contributed by atoms with Crippen LogP contribution < -0.4 is 0 Å². The Hall–Kier alpha value is -1.68. The highest BCUT2D eigenvalue weighted by molar-refractivity contribution is 6.21. The summed E-state index contributed by atoms with van der Waals surface area (Å²) in [5, 5.41) is 11.8. The van der Waals surface area contributed by atoms with Crippen molar-refractivity contribution in [2.75, 3.05) is 0 Å². The molecule has 4 nitrogen and oxygen atoms in total. The third-order valence-electron chi connectivity index (χ3n) is 3.37. The SMILES string of the molecule is CC(C)(C)C(Cl)Cc1ccc([N+](=O)[O-])c2ncccc12. The molecule has 0 amide bonds. The topological polar surface area (TPSA) is 56.0 Å². The highest BCUT2D eigenvalue weighted by Gasteiger charge is 2.24. The molecule has 0 spiro atoms. The maximum atomic E-state index is 11.0. The van der Waals surface area contributed by atoms with Crippen molar-refractivity contribution < 1.29 is 4.92 Å². The molecule has 20 heavy (non-hydrogen) atoms. The van der Waals surface area contributed by atoms with Crippen molar-refractivity contribution in [3.05, 3.63) is 46.1 Å². The molecule has 2 aromatic rings. The molecule has 0 N–H and O–H groups in total. The molecule has 1 atom stereocenters. The standard InChI is InChI=1S/C15H17ClN2O2/c1-15(2,3)13(16)9-10-6-7-12(18(19)20)14-11(10)5-4-8-17-14/h4-8,13H,9H2,1-3H3. The molecule has 1 heterocycles. The average Bonchev–Trinajstić information content (AvgIpc) is 2.37. The summed E-state index contributed by atoms with van der Waals surface area (Å²) in [5.74, 6) is 0. The zero-order valence-electron chi connectivity index (χ0n) is 11.8. The highest BCUT2D eigenvalue weighted by Crippen LogP contribution is 2.32. The van der Waals surface area contributed by atoms with Crippen LogP contribution in [0.15, 0.2) is 30.5 Å². The molecular formula is C15H17ClN2O2. The van der Waals surface area contributed by atoms with Crippen molar-refractivity contribution in [3.8, 4) is 0 Å². The number of fused-ring (bicyclic) bond motifs is 1. The van der Waals surface area contributed by atoms with Gasteiger partial charge in [-0.1, -0.05) is 32.9 Å². The second-order valence-electron chi connectivity index (χ2n) is 5.94. The number of nitro groups is 1. The first-order chi connectivity index (χ1) is 9.30. The number of aromatic nitrogens is 1. The Bertz CT molecular complexity index is 650. The van der Waals surface area contributed by atoms with E-state index in [1.165, 1.54) is 6.07 Å². The van der Waals surface area contributed by atoms with Crippen molar-refractivity contribution in [2.45, 2.75) is 32.6 Å². The van der Waals surface area contributed by atoms with Gasteiger partial charge in [0.25, 0.3) is 5.69 Å². The van der Waals surface area contributed by atoms with Gasteiger partial charge in [-0.2, -0.15) is 0 Å². The summed E-state index contributed by atoms with van der Waals surface area (Å²) in [6.07, 6.45) is 2.23. The van der Waals surface area contributed by atoms with Crippen LogP contribution in [0.4, 0.5) is 5.69 Å². The molecule has 2 rings (SSSR count). The number of benzene rings is 1. The molecule has 0 radical (unpaired) electrons. The Morgan fingerprint density at radius 1 is 1.35 bits per heavy atom. The Kier molecular flexibility index (Phi) is 3.95. The zero-order valence-corrected chi connectivity index (χ0v) is 12.5. The van der Waals surface area contributed by atoms with Gasteiger partial charge in [0.05, 0.1) is 4.92 Å². The van der Waals surface area contributed by atoms with Gasteiger partial charge in [-0.25, -0.2) is 4.98 Å². The second kappa shape index (κ2) is 5.37. The summed E-state index contributed by atoms with van der Waals surface area (Å²) in [6, 6.07) is 6.94. The molecule has 0 aliphatic heterocycles. The summed E-state index contributed by atoms with van der Waals surface area (Å²) in [5.41, 5.74) is 1.42. The van der Waals surface area contributed by atoms with E-state index in [0.717, 1.165) is 10.9 Å². The maximum absolute atomic E-state index is 11.0. The number of alkyl halides is 1. The van der Waals surface area contributed by atoms with Crippen LogP contribution in [0.2, 0.25) is 0 Å². The third kappa shape index (κ3) is 2.90. The largest absolute Gasteiger partial charge is 0.295 e. The molecule has 1 unspecified atom stereocenters. The van der Waals surface area contributed by atoms with Crippen molar-refractivity contribution in [3.63, 3.8) is 0 Å². The lowest BCUT2D eigenvalue weighted by molar-refractivity contribution is -0.383. The number of non-ortho nitro benzene ring substituents is 1. The van der Waals surface area contributed by atoms with E-state index in [0.29, 0.717) is 11.9 Å². The Balaban J connectivity index is 2.51. The van der Waals surface area contributed by atoms with Crippen LogP contribution >= 0.6 is 11.6 Å². The lowest BCUT2D eigenvalue weighted by Gasteiger charge is -2.25. The van der Waals surface area contributed by atoms with E-state index in [-0.39, 0.29) is 16.5 Å². The number of rotatable bonds is 3. The molecule has 1 aromatic carbocycles. The van der Waals surface area contributed by atoms with Gasteiger partial charge in [0, 0.05) is 23.0 Å². The number of halogens is 1. The molecule has 1 aromatic heterocycles. The monoisotopic (exact) mass is 292 g/mol. The Labute approximate surface area is 122 Å². The molecule has 106 valence electrons. The van der Waals surface area contributed by atoms with Crippen LogP contribution in [-0.4, -0.2) is 15.3 Å². The predicted molar refractivity (Wildman–Crippen MR) is 81.2 cm³/mol. The van der Waals surface area contributed by atoms with E-state index in [1.54, 1.807) is 18.3 Å². The molecule has 0 bridgehead atoms. The average molecular weight is 293 g/mol. The van der Waals surface area contributed by atoms with E-state index in [4.69, 9.17) is 11.6 Å². The van der Waals surface area contributed by atoms with E-state index in [2.05, 4.69) is 25.8 Å². The fourth-order valence-corrected chi connectivity index (χ4v) is 2.21. The number of hydrogen-bond donors (Lipinski definition) is 0. The van der Waals surface area contributed by atoms with Crippen LogP contribution in [0, 0.1) is 15.5 Å². The van der Waals surface area contributed by atoms with Crippen LogP contribution in [0.3, 0.4) is 0 Å². The van der Waals surface area contributed by atoms with Crippen LogP contribution in [0.25, 0.3) is 10.9 Å². The summed E-state index contributed by atoms with van der Waals surface area (Å²) in [7, 11) is 0. The second-order valence-corrected chi connectivity index (χ2v) is 6.47. The number of pyridine rings is 1. The zero-order chi connectivity index (χ0) is 14.9. The molecular weight excluding hydrogens is 276 g/mol. The smallest absolute Gasteiger partial charge is 0.258 e. The number of hydrogen-bond acceptors (Lipinski definition) is 3. The Morgan fingerprint density at radius 2 is 2.05 bits per heavy atom. The molecule has 0 aliphatic carbocycles. The van der Waals surface area contributed by atoms with Gasteiger partial charge < -0.3 is 0 Å². The van der Waals surface area contributed by atoms with Crippen molar-refractivity contribution in [2.24, 2.45) is 5.41 Å². The summed E-state index contributed by atoms with van der Waals surface area (Å²) >= 11 is 6.44. The van der Waals surface area contributed by atoms with E-state index in [1.807, 2.05) is 6.07 Å². The van der Waals surface area contributed by atoms with Crippen molar-refractivity contribution >= 4 is 28.2 Å². The molecule has 0 saturated heterocycles. The molecule has 0 saturated carbocycles. The number of nitro benzene ring substituents is 1. The van der Waals surface area contributed by atoms with Gasteiger partial charge in [0.1, 0.15) is 5.52 Å². The molecule has 5 heteroatoms. The van der Waals surface area contributed by atoms with Gasteiger partial charge >= 0.3 is 0 Å². The summed E-state index contributed by atoms with van der Waals surface area (Å²) in [6.45, 7) is 6.24. The first-order valence-electron chi connectivity index (χ1n) is 6.46. The minimum Gasteiger partial charge on any atom is -0.258 e. The lowest BCUT2D eigenvalue weighted by atomic mass is 9.87. The normalized spacial score (nSPS) is 13.4. The van der Waals surface area contributed by atoms with E-state index >= 15 is 0 Å². The van der Waals surface area contributed by atoms with Crippen LogP contribution in [-0.2, 0) is 6.42 Å².